The van der Waals surface area contributed by atoms with Crippen LogP contribution in [-0.2, 0) is 11.3 Å². The minimum Gasteiger partial charge on any atom is -0.542 e. The monoisotopic (exact) mass is 295 g/mol. The SMILES string of the molecule is O=C([O-])C(F)(F)F.c1nc(C[NH+]2CCCNCC2)co1. The Morgan fingerprint density at radius 3 is 2.70 bits per heavy atom. The smallest absolute Gasteiger partial charge is 0.430 e. The first-order valence-electron chi connectivity index (χ1n) is 6.09. The molecule has 9 heteroatoms. The highest BCUT2D eigenvalue weighted by atomic mass is 19.4. The molecular weight excluding hydrogens is 279 g/mol. The predicted molar refractivity (Wildman–Crippen MR) is 59.5 cm³/mol. The molecule has 2 heterocycles. The number of carboxylic acids is 1. The van der Waals surface area contributed by atoms with Gasteiger partial charge in [-0.2, -0.15) is 13.2 Å². The molecule has 1 atom stereocenters. The summed E-state index contributed by atoms with van der Waals surface area (Å²) in [5, 5.41) is 12.2. The molecule has 0 radical (unpaired) electrons. The fraction of sp³-hybridized carbons (Fsp3) is 0.636. The summed E-state index contributed by atoms with van der Waals surface area (Å²) >= 11 is 0. The van der Waals surface area contributed by atoms with Crippen molar-refractivity contribution in [3.63, 3.8) is 0 Å². The van der Waals surface area contributed by atoms with Crippen molar-refractivity contribution in [2.75, 3.05) is 26.2 Å². The van der Waals surface area contributed by atoms with Gasteiger partial charge in [-0.25, -0.2) is 4.98 Å². The molecule has 1 saturated heterocycles. The normalized spacial score (nSPS) is 19.6. The van der Waals surface area contributed by atoms with Crippen molar-refractivity contribution >= 4 is 5.97 Å². The molecule has 0 bridgehead atoms. The average molecular weight is 295 g/mol. The quantitative estimate of drug-likeness (QED) is 0.683. The lowest BCUT2D eigenvalue weighted by atomic mass is 10.3. The van der Waals surface area contributed by atoms with Gasteiger partial charge in [0, 0.05) is 19.5 Å². The number of carboxylic acid groups (broad SMARTS) is 1. The number of quaternary nitrogens is 1. The molecule has 2 rings (SSSR count). The van der Waals surface area contributed by atoms with Crippen LogP contribution in [0, 0.1) is 0 Å². The van der Waals surface area contributed by atoms with Crippen molar-refractivity contribution in [3.8, 4) is 0 Å². The number of aromatic nitrogens is 1. The first-order valence-corrected chi connectivity index (χ1v) is 6.09. The largest absolute Gasteiger partial charge is 0.542 e. The third kappa shape index (κ3) is 6.53. The summed E-state index contributed by atoms with van der Waals surface area (Å²) < 4.78 is 36.5. The first kappa shape index (κ1) is 16.4. The Kier molecular flexibility index (Phi) is 6.46. The molecule has 0 saturated carbocycles. The second-order valence-corrected chi connectivity index (χ2v) is 4.30. The lowest BCUT2D eigenvalue weighted by Crippen LogP contribution is -3.11. The van der Waals surface area contributed by atoms with E-state index in [9.17, 15) is 13.2 Å². The second kappa shape index (κ2) is 7.85. The fourth-order valence-corrected chi connectivity index (χ4v) is 1.74. The van der Waals surface area contributed by atoms with Crippen molar-refractivity contribution in [2.24, 2.45) is 0 Å². The number of alkyl halides is 3. The fourth-order valence-electron chi connectivity index (χ4n) is 1.74. The van der Waals surface area contributed by atoms with Crippen LogP contribution in [0.1, 0.15) is 12.1 Å². The average Bonchev–Trinajstić information content (AvgIpc) is 2.72. The van der Waals surface area contributed by atoms with Gasteiger partial charge < -0.3 is 24.5 Å². The van der Waals surface area contributed by atoms with Gasteiger partial charge in [0.1, 0.15) is 24.5 Å². The molecule has 1 fully saturated rings. The van der Waals surface area contributed by atoms with Crippen LogP contribution >= 0.6 is 0 Å². The predicted octanol–water partition coefficient (Wildman–Crippen LogP) is -1.65. The highest BCUT2D eigenvalue weighted by Crippen LogP contribution is 2.11. The van der Waals surface area contributed by atoms with E-state index in [1.54, 1.807) is 11.2 Å². The molecule has 1 aromatic rings. The van der Waals surface area contributed by atoms with E-state index < -0.39 is 12.1 Å². The molecule has 2 N–H and O–H groups in total. The van der Waals surface area contributed by atoms with Gasteiger partial charge in [0.05, 0.1) is 13.1 Å². The third-order valence-corrected chi connectivity index (χ3v) is 2.69. The number of oxazole rings is 1. The van der Waals surface area contributed by atoms with E-state index in [0.717, 1.165) is 25.3 Å². The molecule has 0 spiro atoms. The zero-order valence-corrected chi connectivity index (χ0v) is 10.7. The van der Waals surface area contributed by atoms with Crippen LogP contribution < -0.4 is 15.3 Å². The summed E-state index contributed by atoms with van der Waals surface area (Å²) in [7, 11) is 0. The number of aliphatic carboxylic acids is 1. The number of nitrogens with zero attached hydrogens (tertiary/aromatic N) is 1. The molecule has 114 valence electrons. The van der Waals surface area contributed by atoms with E-state index in [4.69, 9.17) is 14.3 Å². The van der Waals surface area contributed by atoms with Crippen molar-refractivity contribution < 1.29 is 32.4 Å². The summed E-state index contributed by atoms with van der Waals surface area (Å²) in [5.41, 5.74) is 1.07. The minimum absolute atomic E-state index is 0.998. The van der Waals surface area contributed by atoms with Crippen molar-refractivity contribution in [2.45, 2.75) is 19.1 Å². The molecule has 1 aromatic heterocycles. The topological polar surface area (TPSA) is 82.6 Å². The van der Waals surface area contributed by atoms with E-state index in [-0.39, 0.29) is 0 Å². The van der Waals surface area contributed by atoms with Gasteiger partial charge >= 0.3 is 6.18 Å². The molecule has 1 aliphatic heterocycles. The Balaban J connectivity index is 0.000000246. The number of nitrogens with one attached hydrogen (secondary N) is 2. The van der Waals surface area contributed by atoms with Gasteiger partial charge in [0.15, 0.2) is 6.39 Å². The number of carbonyl (C=O) groups is 1. The van der Waals surface area contributed by atoms with Crippen molar-refractivity contribution in [1.82, 2.24) is 10.3 Å². The Morgan fingerprint density at radius 2 is 2.15 bits per heavy atom. The highest BCUT2D eigenvalue weighted by Gasteiger charge is 2.28. The number of hydrogen-bond acceptors (Lipinski definition) is 5. The Hall–Kier alpha value is -1.61. The van der Waals surface area contributed by atoms with Gasteiger partial charge in [-0.15, -0.1) is 0 Å². The van der Waals surface area contributed by atoms with Gasteiger partial charge in [-0.05, 0) is 0 Å². The van der Waals surface area contributed by atoms with Gasteiger partial charge in [0.2, 0.25) is 0 Å². The van der Waals surface area contributed by atoms with Crippen molar-refractivity contribution in [1.29, 1.82) is 0 Å². The molecule has 0 amide bonds. The van der Waals surface area contributed by atoms with Crippen LogP contribution in [-0.4, -0.2) is 43.3 Å². The molecule has 0 aliphatic carbocycles. The van der Waals surface area contributed by atoms with Crippen LogP contribution in [0.15, 0.2) is 17.1 Å². The second-order valence-electron chi connectivity index (χ2n) is 4.30. The molecule has 1 aliphatic rings. The van der Waals surface area contributed by atoms with Gasteiger partial charge in [-0.1, -0.05) is 0 Å². The van der Waals surface area contributed by atoms with Crippen LogP contribution in [0.5, 0.6) is 0 Å². The van der Waals surface area contributed by atoms with E-state index in [0.29, 0.717) is 0 Å². The maximum Gasteiger partial charge on any atom is 0.430 e. The Labute approximate surface area is 113 Å². The first-order chi connectivity index (χ1) is 9.39. The third-order valence-electron chi connectivity index (χ3n) is 2.69. The Bertz CT molecular complexity index is 387. The summed E-state index contributed by atoms with van der Waals surface area (Å²) in [6, 6.07) is 0. The van der Waals surface area contributed by atoms with E-state index >= 15 is 0 Å². The number of halogens is 3. The molecule has 6 nitrogen and oxygen atoms in total. The number of rotatable bonds is 2. The highest BCUT2D eigenvalue weighted by molar-refractivity contribution is 5.70. The summed E-state index contributed by atoms with van der Waals surface area (Å²) in [4.78, 5) is 14.5. The van der Waals surface area contributed by atoms with Crippen LogP contribution in [0.4, 0.5) is 13.2 Å². The molecule has 1 unspecified atom stereocenters. The number of carbonyl (C=O) groups excluding carboxylic acids is 1. The lowest BCUT2D eigenvalue weighted by molar-refractivity contribution is -0.911. The summed E-state index contributed by atoms with van der Waals surface area (Å²) in [5.74, 6) is -3.01. The minimum atomic E-state index is -5.19. The maximum atomic E-state index is 10.5. The van der Waals surface area contributed by atoms with Crippen molar-refractivity contribution in [3.05, 3.63) is 18.4 Å². The molecular formula is C11H16F3N3O3. The van der Waals surface area contributed by atoms with E-state index in [1.165, 1.54) is 25.9 Å². The zero-order chi connectivity index (χ0) is 15.0. The molecule has 0 aromatic carbocycles. The van der Waals surface area contributed by atoms with Crippen LogP contribution in [0.2, 0.25) is 0 Å². The summed E-state index contributed by atoms with van der Waals surface area (Å²) in [6.45, 7) is 5.69. The molecule has 20 heavy (non-hydrogen) atoms. The number of hydrogen-bond donors (Lipinski definition) is 2. The summed E-state index contributed by atoms with van der Waals surface area (Å²) in [6.07, 6.45) is -0.691. The van der Waals surface area contributed by atoms with Crippen LogP contribution in [0.25, 0.3) is 0 Å². The lowest BCUT2D eigenvalue weighted by Gasteiger charge is -2.14. The zero-order valence-electron chi connectivity index (χ0n) is 10.7. The maximum absolute atomic E-state index is 10.5. The Morgan fingerprint density at radius 1 is 1.45 bits per heavy atom. The van der Waals surface area contributed by atoms with Gasteiger partial charge in [0.25, 0.3) is 0 Å². The standard InChI is InChI=1S/C9H15N3O.C2HF3O2/c1-2-10-3-5-12(4-1)6-9-7-13-8-11-9;3-2(4,5)1(6)7/h7-8,10H,1-6H2;(H,6,7). The van der Waals surface area contributed by atoms with E-state index in [2.05, 4.69) is 10.3 Å². The van der Waals surface area contributed by atoms with Crippen LogP contribution in [0.3, 0.4) is 0 Å². The van der Waals surface area contributed by atoms with E-state index in [1.807, 2.05) is 0 Å². The van der Waals surface area contributed by atoms with Gasteiger partial charge in [-0.3, -0.25) is 0 Å².